The van der Waals surface area contributed by atoms with Gasteiger partial charge in [0.1, 0.15) is 5.82 Å². The van der Waals surface area contributed by atoms with E-state index in [0.717, 1.165) is 22.8 Å². The zero-order valence-electron chi connectivity index (χ0n) is 10.8. The van der Waals surface area contributed by atoms with Crippen LogP contribution in [0.2, 0.25) is 0 Å². The molecule has 2 aromatic heterocycles. The van der Waals surface area contributed by atoms with Crippen molar-refractivity contribution in [3.05, 3.63) is 41.3 Å². The first-order valence-corrected chi connectivity index (χ1v) is 5.85. The van der Waals surface area contributed by atoms with Crippen LogP contribution in [0.15, 0.2) is 24.4 Å². The van der Waals surface area contributed by atoms with E-state index in [-0.39, 0.29) is 12.0 Å². The third-order valence-electron chi connectivity index (χ3n) is 2.67. The van der Waals surface area contributed by atoms with Crippen molar-refractivity contribution in [2.45, 2.75) is 26.8 Å². The number of rotatable bonds is 3. The summed E-state index contributed by atoms with van der Waals surface area (Å²) in [6, 6.07) is 6.03. The van der Waals surface area contributed by atoms with Gasteiger partial charge >= 0.3 is 0 Å². The summed E-state index contributed by atoms with van der Waals surface area (Å²) in [7, 11) is 0. The molecule has 0 aromatic carbocycles. The van der Waals surface area contributed by atoms with Crippen molar-refractivity contribution in [2.24, 2.45) is 0 Å². The molecular formula is C13H17N5. The molecule has 2 heterocycles. The van der Waals surface area contributed by atoms with Crippen molar-refractivity contribution in [3.63, 3.8) is 0 Å². The van der Waals surface area contributed by atoms with Gasteiger partial charge in [-0.25, -0.2) is 4.98 Å². The molecule has 5 nitrogen and oxygen atoms in total. The smallest absolute Gasteiger partial charge is 0.222 e. The Balaban J connectivity index is 2.15. The Labute approximate surface area is 106 Å². The molecule has 0 bridgehead atoms. The molecule has 0 unspecified atom stereocenters. The fraction of sp³-hybridized carbons (Fsp3) is 0.308. The predicted molar refractivity (Wildman–Crippen MR) is 72.2 cm³/mol. The highest BCUT2D eigenvalue weighted by Gasteiger charge is 2.07. The number of nitrogens with two attached hydrogens (primary N) is 1. The lowest BCUT2D eigenvalue weighted by atomic mass is 10.1. The molecule has 0 saturated carbocycles. The first-order valence-electron chi connectivity index (χ1n) is 5.85. The van der Waals surface area contributed by atoms with Crippen LogP contribution in [0.1, 0.15) is 29.9 Å². The van der Waals surface area contributed by atoms with Gasteiger partial charge in [0, 0.05) is 23.7 Å². The second-order valence-electron chi connectivity index (χ2n) is 4.35. The highest BCUT2D eigenvalue weighted by atomic mass is 15.1. The van der Waals surface area contributed by atoms with Gasteiger partial charge in [0.2, 0.25) is 5.95 Å². The molecule has 5 heteroatoms. The SMILES string of the molecule is Cc1ccc([C@H](C)Nc2cc(C)nc(N)n2)cn1. The molecular weight excluding hydrogens is 226 g/mol. The zero-order chi connectivity index (χ0) is 13.1. The molecule has 0 aliphatic rings. The van der Waals surface area contributed by atoms with Crippen molar-refractivity contribution in [2.75, 3.05) is 11.1 Å². The molecule has 0 amide bonds. The molecule has 94 valence electrons. The zero-order valence-corrected chi connectivity index (χ0v) is 10.8. The van der Waals surface area contributed by atoms with E-state index in [1.54, 1.807) is 0 Å². The number of aromatic nitrogens is 3. The van der Waals surface area contributed by atoms with Gasteiger partial charge in [0.25, 0.3) is 0 Å². The normalized spacial score (nSPS) is 12.2. The van der Waals surface area contributed by atoms with Crippen molar-refractivity contribution < 1.29 is 0 Å². The van der Waals surface area contributed by atoms with Crippen LogP contribution in [0.3, 0.4) is 0 Å². The van der Waals surface area contributed by atoms with Crippen LogP contribution < -0.4 is 11.1 Å². The Bertz CT molecular complexity index is 515. The lowest BCUT2D eigenvalue weighted by Crippen LogP contribution is -2.10. The molecule has 0 fully saturated rings. The van der Waals surface area contributed by atoms with E-state index in [9.17, 15) is 0 Å². The predicted octanol–water partition coefficient (Wildman–Crippen LogP) is 2.24. The van der Waals surface area contributed by atoms with Gasteiger partial charge in [-0.15, -0.1) is 0 Å². The second kappa shape index (κ2) is 5.00. The topological polar surface area (TPSA) is 76.7 Å². The molecule has 0 aliphatic heterocycles. The summed E-state index contributed by atoms with van der Waals surface area (Å²) in [6.07, 6.45) is 1.87. The molecule has 1 atom stereocenters. The number of nitrogens with one attached hydrogen (secondary N) is 1. The lowest BCUT2D eigenvalue weighted by molar-refractivity contribution is 0.861. The summed E-state index contributed by atoms with van der Waals surface area (Å²) in [4.78, 5) is 12.5. The summed E-state index contributed by atoms with van der Waals surface area (Å²) in [5.74, 6) is 1.01. The maximum absolute atomic E-state index is 5.62. The highest BCUT2D eigenvalue weighted by Crippen LogP contribution is 2.18. The Morgan fingerprint density at radius 2 is 1.94 bits per heavy atom. The van der Waals surface area contributed by atoms with E-state index < -0.39 is 0 Å². The van der Waals surface area contributed by atoms with E-state index in [4.69, 9.17) is 5.73 Å². The number of nitrogen functional groups attached to an aromatic ring is 1. The average Bonchev–Trinajstić information content (AvgIpc) is 2.28. The number of anilines is 2. The van der Waals surface area contributed by atoms with E-state index in [1.807, 2.05) is 32.2 Å². The minimum Gasteiger partial charge on any atom is -0.368 e. The Morgan fingerprint density at radius 3 is 2.56 bits per heavy atom. The number of hydrogen-bond acceptors (Lipinski definition) is 5. The molecule has 18 heavy (non-hydrogen) atoms. The van der Waals surface area contributed by atoms with E-state index >= 15 is 0 Å². The molecule has 2 rings (SSSR count). The van der Waals surface area contributed by atoms with Crippen molar-refractivity contribution >= 4 is 11.8 Å². The number of nitrogens with zero attached hydrogens (tertiary/aromatic N) is 3. The fourth-order valence-corrected chi connectivity index (χ4v) is 1.71. The first-order chi connectivity index (χ1) is 8.54. The Kier molecular flexibility index (Phi) is 3.41. The van der Waals surface area contributed by atoms with Gasteiger partial charge in [-0.2, -0.15) is 4.98 Å². The summed E-state index contributed by atoms with van der Waals surface area (Å²) in [5.41, 5.74) is 8.58. The average molecular weight is 243 g/mol. The van der Waals surface area contributed by atoms with Crippen molar-refractivity contribution in [1.29, 1.82) is 0 Å². The van der Waals surface area contributed by atoms with Crippen LogP contribution in [0.25, 0.3) is 0 Å². The summed E-state index contributed by atoms with van der Waals surface area (Å²) in [6.45, 7) is 5.91. The third kappa shape index (κ3) is 2.94. The number of pyridine rings is 1. The maximum atomic E-state index is 5.62. The van der Waals surface area contributed by atoms with Gasteiger partial charge in [0.15, 0.2) is 0 Å². The maximum Gasteiger partial charge on any atom is 0.222 e. The van der Waals surface area contributed by atoms with Crippen LogP contribution in [-0.4, -0.2) is 15.0 Å². The van der Waals surface area contributed by atoms with E-state index in [1.165, 1.54) is 0 Å². The molecule has 0 radical (unpaired) electrons. The van der Waals surface area contributed by atoms with Gasteiger partial charge in [0.05, 0.1) is 6.04 Å². The third-order valence-corrected chi connectivity index (χ3v) is 2.67. The van der Waals surface area contributed by atoms with Crippen LogP contribution >= 0.6 is 0 Å². The minimum absolute atomic E-state index is 0.117. The van der Waals surface area contributed by atoms with Crippen LogP contribution in [0.5, 0.6) is 0 Å². The largest absolute Gasteiger partial charge is 0.368 e. The van der Waals surface area contributed by atoms with Crippen molar-refractivity contribution in [3.8, 4) is 0 Å². The number of hydrogen-bond donors (Lipinski definition) is 2. The minimum atomic E-state index is 0.117. The standard InChI is InChI=1S/C13H17N5/c1-8-4-5-11(7-15-8)10(3)17-12-6-9(2)16-13(14)18-12/h4-7,10H,1-3H3,(H3,14,16,17,18)/t10-/m0/s1. The molecule has 3 N–H and O–H groups in total. The van der Waals surface area contributed by atoms with Gasteiger partial charge in [-0.05, 0) is 32.4 Å². The lowest BCUT2D eigenvalue weighted by Gasteiger charge is -2.15. The van der Waals surface area contributed by atoms with E-state index in [0.29, 0.717) is 0 Å². The van der Waals surface area contributed by atoms with Gasteiger partial charge in [-0.3, -0.25) is 4.98 Å². The quantitative estimate of drug-likeness (QED) is 0.864. The Morgan fingerprint density at radius 1 is 1.17 bits per heavy atom. The van der Waals surface area contributed by atoms with Crippen molar-refractivity contribution in [1.82, 2.24) is 15.0 Å². The molecule has 0 aliphatic carbocycles. The van der Waals surface area contributed by atoms with E-state index in [2.05, 4.69) is 33.3 Å². The Hall–Kier alpha value is -2.17. The summed E-state index contributed by atoms with van der Waals surface area (Å²) >= 11 is 0. The molecule has 2 aromatic rings. The van der Waals surface area contributed by atoms with Crippen LogP contribution in [0.4, 0.5) is 11.8 Å². The highest BCUT2D eigenvalue weighted by molar-refractivity contribution is 5.42. The first kappa shape index (κ1) is 12.3. The molecule has 0 saturated heterocycles. The second-order valence-corrected chi connectivity index (χ2v) is 4.35. The molecule has 0 spiro atoms. The monoisotopic (exact) mass is 243 g/mol. The van der Waals surface area contributed by atoms with Crippen LogP contribution in [-0.2, 0) is 0 Å². The van der Waals surface area contributed by atoms with Gasteiger partial charge < -0.3 is 11.1 Å². The summed E-state index contributed by atoms with van der Waals surface area (Å²) in [5, 5.41) is 3.29. The number of aryl methyl sites for hydroxylation is 2. The fourth-order valence-electron chi connectivity index (χ4n) is 1.71. The summed E-state index contributed by atoms with van der Waals surface area (Å²) < 4.78 is 0. The van der Waals surface area contributed by atoms with Crippen LogP contribution in [0, 0.1) is 13.8 Å². The van der Waals surface area contributed by atoms with Gasteiger partial charge in [-0.1, -0.05) is 6.07 Å².